The number of nitrogens with one attached hydrogen (secondary N) is 1. The Bertz CT molecular complexity index is 450. The lowest BCUT2D eigenvalue weighted by Gasteiger charge is -2.23. The third-order valence-electron chi connectivity index (χ3n) is 4.04. The van der Waals surface area contributed by atoms with E-state index in [2.05, 4.69) is 29.3 Å². The van der Waals surface area contributed by atoms with E-state index in [1.165, 1.54) is 18.5 Å². The first-order chi connectivity index (χ1) is 9.86. The Labute approximate surface area is 121 Å². The van der Waals surface area contributed by atoms with Gasteiger partial charge in [0.25, 0.3) is 0 Å². The van der Waals surface area contributed by atoms with E-state index < -0.39 is 0 Å². The minimum atomic E-state index is 0.653. The molecule has 1 atom stereocenters. The number of hydrogen-bond donors (Lipinski definition) is 1. The van der Waals surface area contributed by atoms with Crippen molar-refractivity contribution in [1.82, 2.24) is 5.32 Å². The second-order valence-corrected chi connectivity index (χ2v) is 5.63. The normalized spacial score (nSPS) is 21.2. The van der Waals surface area contributed by atoms with Crippen LogP contribution in [0.3, 0.4) is 0 Å². The molecule has 0 aromatic heterocycles. The molecule has 20 heavy (non-hydrogen) atoms. The number of benzene rings is 1. The molecule has 0 saturated carbocycles. The third kappa shape index (κ3) is 3.01. The Morgan fingerprint density at radius 2 is 2.10 bits per heavy atom. The topological polar surface area (TPSA) is 33.7 Å². The van der Waals surface area contributed by atoms with Crippen LogP contribution in [0.4, 0.5) is 5.69 Å². The van der Waals surface area contributed by atoms with Crippen molar-refractivity contribution in [3.8, 4) is 11.5 Å². The maximum absolute atomic E-state index is 5.67. The molecule has 2 aliphatic heterocycles. The summed E-state index contributed by atoms with van der Waals surface area (Å²) in [7, 11) is 0. The molecule has 0 aliphatic carbocycles. The fourth-order valence-corrected chi connectivity index (χ4v) is 2.95. The molecule has 1 unspecified atom stereocenters. The first-order valence-electron chi connectivity index (χ1n) is 7.72. The van der Waals surface area contributed by atoms with Gasteiger partial charge >= 0.3 is 0 Å². The zero-order valence-corrected chi connectivity index (χ0v) is 12.2. The van der Waals surface area contributed by atoms with Gasteiger partial charge < -0.3 is 19.7 Å². The second kappa shape index (κ2) is 6.35. The molecular weight excluding hydrogens is 252 g/mol. The van der Waals surface area contributed by atoms with E-state index in [-0.39, 0.29) is 0 Å². The Kier molecular flexibility index (Phi) is 4.31. The first-order valence-corrected chi connectivity index (χ1v) is 7.72. The van der Waals surface area contributed by atoms with Gasteiger partial charge in [-0.15, -0.1) is 0 Å². The minimum Gasteiger partial charge on any atom is -0.486 e. The van der Waals surface area contributed by atoms with Crippen molar-refractivity contribution in [3.05, 3.63) is 18.2 Å². The Hall–Kier alpha value is -1.42. The van der Waals surface area contributed by atoms with Crippen LogP contribution in [0.5, 0.6) is 11.5 Å². The molecule has 4 heteroatoms. The first kappa shape index (κ1) is 13.6. The predicted octanol–water partition coefficient (Wildman–Crippen LogP) is 2.28. The van der Waals surface area contributed by atoms with Crippen molar-refractivity contribution in [3.63, 3.8) is 0 Å². The summed E-state index contributed by atoms with van der Waals surface area (Å²) < 4.78 is 11.2. The number of anilines is 1. The SMILES string of the molecule is CCCNCC1CCN(c2ccc3c(c2)OCCO3)C1. The minimum absolute atomic E-state index is 0.653. The van der Waals surface area contributed by atoms with Crippen molar-refractivity contribution in [2.75, 3.05) is 44.3 Å². The molecule has 1 aromatic carbocycles. The van der Waals surface area contributed by atoms with Crippen LogP contribution >= 0.6 is 0 Å². The van der Waals surface area contributed by atoms with Gasteiger partial charge in [0.2, 0.25) is 0 Å². The van der Waals surface area contributed by atoms with Crippen LogP contribution in [0.1, 0.15) is 19.8 Å². The van der Waals surface area contributed by atoms with Crippen LogP contribution in [0.25, 0.3) is 0 Å². The largest absolute Gasteiger partial charge is 0.486 e. The molecule has 0 amide bonds. The monoisotopic (exact) mass is 276 g/mol. The van der Waals surface area contributed by atoms with Crippen molar-refractivity contribution >= 4 is 5.69 Å². The summed E-state index contributed by atoms with van der Waals surface area (Å²) in [6.07, 6.45) is 2.48. The molecule has 0 radical (unpaired) electrons. The van der Waals surface area contributed by atoms with Gasteiger partial charge in [-0.2, -0.15) is 0 Å². The molecule has 2 aliphatic rings. The van der Waals surface area contributed by atoms with E-state index in [4.69, 9.17) is 9.47 Å². The molecule has 1 saturated heterocycles. The Morgan fingerprint density at radius 1 is 1.25 bits per heavy atom. The molecule has 1 fully saturated rings. The predicted molar refractivity (Wildman–Crippen MR) is 80.9 cm³/mol. The van der Waals surface area contributed by atoms with Crippen LogP contribution in [-0.2, 0) is 0 Å². The zero-order chi connectivity index (χ0) is 13.8. The highest BCUT2D eigenvalue weighted by molar-refractivity contribution is 5.57. The number of rotatable bonds is 5. The van der Waals surface area contributed by atoms with Crippen LogP contribution in [0, 0.1) is 5.92 Å². The summed E-state index contributed by atoms with van der Waals surface area (Å²) in [6.45, 7) is 8.05. The summed E-state index contributed by atoms with van der Waals surface area (Å²) in [5.74, 6) is 2.52. The lowest BCUT2D eigenvalue weighted by molar-refractivity contribution is 0.171. The fourth-order valence-electron chi connectivity index (χ4n) is 2.95. The van der Waals surface area contributed by atoms with Crippen LogP contribution in [0.15, 0.2) is 18.2 Å². The highest BCUT2D eigenvalue weighted by Crippen LogP contribution is 2.35. The molecule has 110 valence electrons. The summed E-state index contributed by atoms with van der Waals surface area (Å²) in [6, 6.07) is 6.30. The number of ether oxygens (including phenoxy) is 2. The lowest BCUT2D eigenvalue weighted by atomic mass is 10.1. The van der Waals surface area contributed by atoms with Gasteiger partial charge in [0, 0.05) is 24.8 Å². The smallest absolute Gasteiger partial charge is 0.163 e. The zero-order valence-electron chi connectivity index (χ0n) is 12.2. The molecule has 2 heterocycles. The van der Waals surface area contributed by atoms with Gasteiger partial charge in [-0.1, -0.05) is 6.92 Å². The maximum Gasteiger partial charge on any atom is 0.163 e. The molecule has 0 spiro atoms. The van der Waals surface area contributed by atoms with E-state index in [0.29, 0.717) is 13.2 Å². The van der Waals surface area contributed by atoms with Gasteiger partial charge in [-0.3, -0.25) is 0 Å². The van der Waals surface area contributed by atoms with Gasteiger partial charge in [-0.25, -0.2) is 0 Å². The summed E-state index contributed by atoms with van der Waals surface area (Å²) in [5.41, 5.74) is 1.26. The molecule has 4 nitrogen and oxygen atoms in total. The Morgan fingerprint density at radius 3 is 2.95 bits per heavy atom. The molecular formula is C16H24N2O2. The lowest BCUT2D eigenvalue weighted by Crippen LogP contribution is -2.27. The van der Waals surface area contributed by atoms with Crippen molar-refractivity contribution in [1.29, 1.82) is 0 Å². The summed E-state index contributed by atoms with van der Waals surface area (Å²) in [4.78, 5) is 2.45. The van der Waals surface area contributed by atoms with Gasteiger partial charge in [0.05, 0.1) is 0 Å². The number of hydrogen-bond acceptors (Lipinski definition) is 4. The molecule has 1 aromatic rings. The number of fused-ring (bicyclic) bond motifs is 1. The van der Waals surface area contributed by atoms with Gasteiger partial charge in [0.1, 0.15) is 13.2 Å². The van der Waals surface area contributed by atoms with E-state index in [9.17, 15) is 0 Å². The quantitative estimate of drug-likeness (QED) is 0.837. The average Bonchev–Trinajstić information content (AvgIpc) is 2.96. The number of nitrogens with zero attached hydrogens (tertiary/aromatic N) is 1. The standard InChI is InChI=1S/C16H24N2O2/c1-2-6-17-11-13-5-7-18(12-13)14-3-4-15-16(10-14)20-9-8-19-15/h3-4,10,13,17H,2,5-9,11-12H2,1H3. The average molecular weight is 276 g/mol. The van der Waals surface area contributed by atoms with Crippen LogP contribution in [-0.4, -0.2) is 39.4 Å². The fraction of sp³-hybridized carbons (Fsp3) is 0.625. The molecule has 3 rings (SSSR count). The van der Waals surface area contributed by atoms with E-state index in [1.807, 2.05) is 6.07 Å². The van der Waals surface area contributed by atoms with E-state index in [0.717, 1.165) is 43.6 Å². The van der Waals surface area contributed by atoms with Gasteiger partial charge in [-0.05, 0) is 44.0 Å². The van der Waals surface area contributed by atoms with Gasteiger partial charge in [0.15, 0.2) is 11.5 Å². The van der Waals surface area contributed by atoms with Crippen LogP contribution in [0.2, 0.25) is 0 Å². The van der Waals surface area contributed by atoms with Crippen LogP contribution < -0.4 is 19.7 Å². The van der Waals surface area contributed by atoms with Crippen molar-refractivity contribution in [2.24, 2.45) is 5.92 Å². The summed E-state index contributed by atoms with van der Waals surface area (Å²) >= 11 is 0. The second-order valence-electron chi connectivity index (χ2n) is 5.63. The van der Waals surface area contributed by atoms with Crippen molar-refractivity contribution in [2.45, 2.75) is 19.8 Å². The molecule has 0 bridgehead atoms. The van der Waals surface area contributed by atoms with E-state index >= 15 is 0 Å². The van der Waals surface area contributed by atoms with Crippen molar-refractivity contribution < 1.29 is 9.47 Å². The Balaban J connectivity index is 1.60. The highest BCUT2D eigenvalue weighted by atomic mass is 16.6. The summed E-state index contributed by atoms with van der Waals surface area (Å²) in [5, 5.41) is 3.53. The highest BCUT2D eigenvalue weighted by Gasteiger charge is 2.23. The molecule has 1 N–H and O–H groups in total. The maximum atomic E-state index is 5.67. The third-order valence-corrected chi connectivity index (χ3v) is 4.04. The van der Waals surface area contributed by atoms with E-state index in [1.54, 1.807) is 0 Å².